The topological polar surface area (TPSA) is 21.3 Å². The zero-order chi connectivity index (χ0) is 32.3. The minimum Gasteiger partial charge on any atom is -0.403 e. The van der Waals surface area contributed by atoms with Gasteiger partial charge in [0.15, 0.2) is 8.32 Å². The molecule has 0 amide bonds. The van der Waals surface area contributed by atoms with Gasteiger partial charge >= 0.3 is 0 Å². The minimum atomic E-state index is -2.15. The van der Waals surface area contributed by atoms with Crippen molar-refractivity contribution >= 4 is 8.32 Å². The molecule has 1 saturated heterocycles. The normalized spacial score (nSPS) is 15.1. The first kappa shape index (κ1) is 31.1. The van der Waals surface area contributed by atoms with Gasteiger partial charge in [0.1, 0.15) is 5.60 Å². The molecule has 0 bridgehead atoms. The number of hydrogen-bond acceptors (Lipinski definition) is 2. The van der Waals surface area contributed by atoms with Gasteiger partial charge in [-0.25, -0.2) is 0 Å². The third-order valence-corrected chi connectivity index (χ3v) is 10.1. The van der Waals surface area contributed by atoms with Gasteiger partial charge in [-0.15, -0.1) is 0 Å². The van der Waals surface area contributed by atoms with E-state index in [1.807, 2.05) is 0 Å². The van der Waals surface area contributed by atoms with Gasteiger partial charge in [-0.3, -0.25) is 0 Å². The summed E-state index contributed by atoms with van der Waals surface area (Å²) < 4.78 is 7.72. The van der Waals surface area contributed by atoms with E-state index in [1.54, 1.807) is 0 Å². The molecule has 1 aliphatic heterocycles. The predicted octanol–water partition coefficient (Wildman–Crippen LogP) is 11.2. The van der Waals surface area contributed by atoms with E-state index in [4.69, 9.17) is 4.43 Å². The van der Waals surface area contributed by atoms with E-state index in [-0.39, 0.29) is 6.04 Å². The van der Waals surface area contributed by atoms with Gasteiger partial charge in [0.25, 0.3) is 0 Å². The number of rotatable bonds is 9. The Labute approximate surface area is 281 Å². The van der Waals surface area contributed by atoms with Crippen LogP contribution in [0.5, 0.6) is 0 Å². The van der Waals surface area contributed by atoms with Crippen molar-refractivity contribution in [3.63, 3.8) is 0 Å². The maximum atomic E-state index is 7.72. The molecule has 7 rings (SSSR count). The highest BCUT2D eigenvalue weighted by Gasteiger charge is 2.48. The molecule has 47 heavy (non-hydrogen) atoms. The van der Waals surface area contributed by atoms with E-state index in [0.29, 0.717) is 0 Å². The van der Waals surface area contributed by atoms with E-state index < -0.39 is 13.9 Å². The van der Waals surface area contributed by atoms with Crippen molar-refractivity contribution in [2.24, 2.45) is 0 Å². The Kier molecular flexibility index (Phi) is 8.79. The summed E-state index contributed by atoms with van der Waals surface area (Å²) in [5.41, 5.74) is 11.3. The molecule has 6 aromatic carbocycles. The summed E-state index contributed by atoms with van der Waals surface area (Å²) in [6.07, 6.45) is 2.16. The first-order valence-electron chi connectivity index (χ1n) is 16.9. The van der Waals surface area contributed by atoms with Gasteiger partial charge in [0, 0.05) is 6.04 Å². The molecule has 2 nitrogen and oxygen atoms in total. The molecule has 1 atom stereocenters. The first-order chi connectivity index (χ1) is 22.9. The lowest BCUT2D eigenvalue weighted by Gasteiger charge is -2.45. The van der Waals surface area contributed by atoms with E-state index in [2.05, 4.69) is 183 Å². The highest BCUT2D eigenvalue weighted by atomic mass is 28.4. The summed E-state index contributed by atoms with van der Waals surface area (Å²) in [5.74, 6) is 0. The Balaban J connectivity index is 1.57. The molecule has 1 fully saturated rings. The predicted molar refractivity (Wildman–Crippen MR) is 201 cm³/mol. The van der Waals surface area contributed by atoms with Crippen LogP contribution in [-0.4, -0.2) is 20.9 Å². The Morgan fingerprint density at radius 1 is 0.489 bits per heavy atom. The lowest BCUT2D eigenvalue weighted by atomic mass is 9.76. The van der Waals surface area contributed by atoms with Gasteiger partial charge in [-0.05, 0) is 131 Å². The van der Waals surface area contributed by atoms with Crippen molar-refractivity contribution in [2.75, 3.05) is 6.54 Å². The van der Waals surface area contributed by atoms with Crippen LogP contribution in [-0.2, 0) is 10.0 Å². The molecule has 0 aromatic heterocycles. The summed E-state index contributed by atoms with van der Waals surface area (Å²) in [6.45, 7) is 7.97. The molecule has 3 heteroatoms. The molecule has 0 aliphatic carbocycles. The Bertz CT molecular complexity index is 1680. The van der Waals surface area contributed by atoms with Crippen LogP contribution in [0.4, 0.5) is 0 Å². The molecule has 234 valence electrons. The SMILES string of the molecule is C[Si](C)(C)OC(c1cc(-c2ccccc2)cc(-c2ccccc2)c1)(c1cc(-c2ccccc2)cc(-c2ccccc2)c1)C1CCCN1. The second kappa shape index (κ2) is 13.3. The fourth-order valence-electron chi connectivity index (χ4n) is 7.15. The van der Waals surface area contributed by atoms with Crippen molar-refractivity contribution in [3.8, 4) is 44.5 Å². The maximum absolute atomic E-state index is 7.72. The van der Waals surface area contributed by atoms with Crippen LogP contribution in [0.2, 0.25) is 19.6 Å². The average Bonchev–Trinajstić information content (AvgIpc) is 3.67. The molecule has 6 aromatic rings. The zero-order valence-corrected chi connectivity index (χ0v) is 28.6. The second-order valence-electron chi connectivity index (χ2n) is 13.7. The minimum absolute atomic E-state index is 0.110. The molecule has 0 spiro atoms. The van der Waals surface area contributed by atoms with Gasteiger partial charge in [0.2, 0.25) is 0 Å². The maximum Gasteiger partial charge on any atom is 0.185 e. The highest BCUT2D eigenvalue weighted by molar-refractivity contribution is 6.69. The van der Waals surface area contributed by atoms with E-state index in [1.165, 1.54) is 55.6 Å². The van der Waals surface area contributed by atoms with Gasteiger partial charge in [-0.1, -0.05) is 121 Å². The van der Waals surface area contributed by atoms with Crippen molar-refractivity contribution in [3.05, 3.63) is 169 Å². The largest absolute Gasteiger partial charge is 0.403 e. The Hall–Kier alpha value is -4.54. The van der Waals surface area contributed by atoms with Crippen molar-refractivity contribution in [1.82, 2.24) is 5.32 Å². The van der Waals surface area contributed by atoms with Crippen molar-refractivity contribution in [1.29, 1.82) is 0 Å². The molecule has 1 heterocycles. The van der Waals surface area contributed by atoms with Crippen molar-refractivity contribution < 1.29 is 4.43 Å². The standard InChI is InChI=1S/C44H43NOSi/c1-47(2,3)46-44(43-25-16-26-45-43,41-29-37(33-17-8-4-9-18-33)27-38(30-41)34-19-10-5-11-20-34)42-31-39(35-21-12-6-13-22-35)28-40(32-42)36-23-14-7-15-24-36/h4-15,17-24,27-32,43,45H,16,25-26H2,1-3H3. The lowest BCUT2D eigenvalue weighted by Crippen LogP contribution is -2.53. The molecule has 0 radical (unpaired) electrons. The second-order valence-corrected chi connectivity index (χ2v) is 18.1. The van der Waals surface area contributed by atoms with Crippen LogP contribution in [0.1, 0.15) is 24.0 Å². The van der Waals surface area contributed by atoms with Crippen LogP contribution in [0.15, 0.2) is 158 Å². The van der Waals surface area contributed by atoms with Crippen LogP contribution < -0.4 is 5.32 Å². The fourth-order valence-corrected chi connectivity index (χ4v) is 8.49. The highest BCUT2D eigenvalue weighted by Crippen LogP contribution is 2.47. The first-order valence-corrected chi connectivity index (χ1v) is 20.3. The third kappa shape index (κ3) is 6.66. The monoisotopic (exact) mass is 629 g/mol. The number of hydrogen-bond donors (Lipinski definition) is 1. The molecular weight excluding hydrogens is 587 g/mol. The quantitative estimate of drug-likeness (QED) is 0.161. The van der Waals surface area contributed by atoms with E-state index >= 15 is 0 Å². The van der Waals surface area contributed by atoms with Gasteiger partial charge in [0.05, 0.1) is 0 Å². The van der Waals surface area contributed by atoms with Crippen LogP contribution in [0.3, 0.4) is 0 Å². The smallest absolute Gasteiger partial charge is 0.185 e. The van der Waals surface area contributed by atoms with Gasteiger partial charge < -0.3 is 9.74 Å². The Morgan fingerprint density at radius 3 is 1.11 bits per heavy atom. The molecule has 1 N–H and O–H groups in total. The summed E-state index contributed by atoms with van der Waals surface area (Å²) in [6, 6.07) is 57.5. The lowest BCUT2D eigenvalue weighted by molar-refractivity contribution is 0.0641. The third-order valence-electron chi connectivity index (χ3n) is 9.17. The Morgan fingerprint density at radius 2 is 0.830 bits per heavy atom. The summed E-state index contributed by atoms with van der Waals surface area (Å²) in [7, 11) is -2.15. The summed E-state index contributed by atoms with van der Waals surface area (Å²) >= 11 is 0. The van der Waals surface area contributed by atoms with Crippen LogP contribution in [0.25, 0.3) is 44.5 Å². The van der Waals surface area contributed by atoms with E-state index in [0.717, 1.165) is 19.4 Å². The zero-order valence-electron chi connectivity index (χ0n) is 27.6. The average molecular weight is 630 g/mol. The summed E-state index contributed by atoms with van der Waals surface area (Å²) in [5, 5.41) is 3.95. The molecule has 1 aliphatic rings. The van der Waals surface area contributed by atoms with Crippen LogP contribution in [0, 0.1) is 0 Å². The van der Waals surface area contributed by atoms with Crippen molar-refractivity contribution in [2.45, 2.75) is 44.1 Å². The number of benzene rings is 6. The summed E-state index contributed by atoms with van der Waals surface area (Å²) in [4.78, 5) is 0. The van der Waals surface area contributed by atoms with Gasteiger partial charge in [-0.2, -0.15) is 0 Å². The number of nitrogens with one attached hydrogen (secondary N) is 1. The molecule has 1 unspecified atom stereocenters. The fraction of sp³-hybridized carbons (Fsp3) is 0.182. The van der Waals surface area contributed by atoms with Crippen LogP contribution >= 0.6 is 0 Å². The molecular formula is C44H43NOSi. The van der Waals surface area contributed by atoms with E-state index in [9.17, 15) is 0 Å². The molecule has 0 saturated carbocycles.